The predicted molar refractivity (Wildman–Crippen MR) is 78.0 cm³/mol. The van der Waals surface area contributed by atoms with Crippen LogP contribution in [0.3, 0.4) is 0 Å². The normalized spacial score (nSPS) is 11.4. The molecule has 0 aliphatic rings. The second-order valence-corrected chi connectivity index (χ2v) is 4.73. The number of ether oxygens (including phenoxy) is 1. The molecule has 3 N–H and O–H groups in total. The summed E-state index contributed by atoms with van der Waals surface area (Å²) in [5.41, 5.74) is 6.79. The van der Waals surface area contributed by atoms with E-state index in [1.165, 1.54) is 0 Å². The van der Waals surface area contributed by atoms with Crippen LogP contribution in [0.2, 0.25) is 10.0 Å². The number of halogens is 2. The molecule has 0 amide bonds. The highest BCUT2D eigenvalue weighted by Crippen LogP contribution is 2.35. The van der Waals surface area contributed by atoms with Crippen molar-refractivity contribution in [2.75, 3.05) is 0 Å². The number of oxime groups is 1. The number of pyridine rings is 1. The standard InChI is InChI=1S/C13H11Cl2N3O2/c1-7-5-6-17-13(10(7)12(16)18-19)20-9-4-2-3-8(14)11(9)15/h2-6,19H,1H3,(H2,16,18). The summed E-state index contributed by atoms with van der Waals surface area (Å²) in [7, 11) is 0. The van der Waals surface area contributed by atoms with Gasteiger partial charge in [0.15, 0.2) is 5.84 Å². The Bertz CT molecular complexity index is 675. The van der Waals surface area contributed by atoms with Gasteiger partial charge in [-0.2, -0.15) is 0 Å². The van der Waals surface area contributed by atoms with Gasteiger partial charge in [-0.15, -0.1) is 0 Å². The van der Waals surface area contributed by atoms with Crippen LogP contribution in [0.1, 0.15) is 11.1 Å². The Morgan fingerprint density at radius 2 is 2.10 bits per heavy atom. The van der Waals surface area contributed by atoms with E-state index in [9.17, 15) is 0 Å². The SMILES string of the molecule is Cc1ccnc(Oc2cccc(Cl)c2Cl)c1/C(N)=N/O. The van der Waals surface area contributed by atoms with Gasteiger partial charge >= 0.3 is 0 Å². The maximum Gasteiger partial charge on any atom is 0.230 e. The molecule has 0 aliphatic carbocycles. The van der Waals surface area contributed by atoms with Gasteiger partial charge in [0.25, 0.3) is 0 Å². The largest absolute Gasteiger partial charge is 0.437 e. The number of aryl methyl sites for hydroxylation is 1. The molecule has 0 fully saturated rings. The van der Waals surface area contributed by atoms with Gasteiger partial charge in [0, 0.05) is 6.20 Å². The Hall–Kier alpha value is -1.98. The average Bonchev–Trinajstić information content (AvgIpc) is 2.43. The Morgan fingerprint density at radius 3 is 2.80 bits per heavy atom. The zero-order valence-electron chi connectivity index (χ0n) is 10.5. The van der Waals surface area contributed by atoms with Crippen LogP contribution < -0.4 is 10.5 Å². The first kappa shape index (κ1) is 14.4. The number of rotatable bonds is 3. The third-order valence-electron chi connectivity index (χ3n) is 2.61. The van der Waals surface area contributed by atoms with Crippen molar-refractivity contribution in [3.05, 3.63) is 51.6 Å². The number of hydrogen-bond donors (Lipinski definition) is 2. The van der Waals surface area contributed by atoms with Crippen molar-refractivity contribution in [3.63, 3.8) is 0 Å². The Morgan fingerprint density at radius 1 is 1.35 bits per heavy atom. The summed E-state index contributed by atoms with van der Waals surface area (Å²) in [6, 6.07) is 6.71. The topological polar surface area (TPSA) is 80.7 Å². The van der Waals surface area contributed by atoms with Crippen molar-refractivity contribution in [2.45, 2.75) is 6.92 Å². The molecule has 0 saturated heterocycles. The summed E-state index contributed by atoms with van der Waals surface area (Å²) in [6.45, 7) is 1.79. The molecule has 7 heteroatoms. The van der Waals surface area contributed by atoms with Crippen LogP contribution in [0.4, 0.5) is 0 Å². The van der Waals surface area contributed by atoms with Crippen molar-refractivity contribution >= 4 is 29.0 Å². The third kappa shape index (κ3) is 2.79. The third-order valence-corrected chi connectivity index (χ3v) is 3.41. The molecule has 2 rings (SSSR count). The van der Waals surface area contributed by atoms with E-state index in [2.05, 4.69) is 10.1 Å². The fraction of sp³-hybridized carbons (Fsp3) is 0.0769. The first-order valence-corrected chi connectivity index (χ1v) is 6.35. The molecule has 20 heavy (non-hydrogen) atoms. The van der Waals surface area contributed by atoms with Gasteiger partial charge in [-0.25, -0.2) is 4.98 Å². The number of nitrogens with zero attached hydrogens (tertiary/aromatic N) is 2. The maximum atomic E-state index is 8.83. The molecule has 0 atom stereocenters. The van der Waals surface area contributed by atoms with Gasteiger partial charge in [0.2, 0.25) is 5.88 Å². The number of nitrogens with two attached hydrogens (primary N) is 1. The smallest absolute Gasteiger partial charge is 0.230 e. The quantitative estimate of drug-likeness (QED) is 0.393. The second-order valence-electron chi connectivity index (χ2n) is 3.95. The molecular weight excluding hydrogens is 301 g/mol. The minimum absolute atomic E-state index is 0.0937. The number of aromatic nitrogens is 1. The molecule has 0 spiro atoms. The van der Waals surface area contributed by atoms with Crippen LogP contribution in [-0.2, 0) is 0 Å². The lowest BCUT2D eigenvalue weighted by atomic mass is 10.1. The van der Waals surface area contributed by atoms with Gasteiger partial charge in [0.1, 0.15) is 10.8 Å². The highest BCUT2D eigenvalue weighted by atomic mass is 35.5. The van der Waals surface area contributed by atoms with Crippen LogP contribution in [-0.4, -0.2) is 16.0 Å². The molecule has 104 valence electrons. The van der Waals surface area contributed by atoms with Crippen molar-refractivity contribution < 1.29 is 9.94 Å². The van der Waals surface area contributed by atoms with Crippen molar-refractivity contribution in [3.8, 4) is 11.6 Å². The highest BCUT2D eigenvalue weighted by Gasteiger charge is 2.15. The van der Waals surface area contributed by atoms with Gasteiger partial charge < -0.3 is 15.7 Å². The van der Waals surface area contributed by atoms with E-state index < -0.39 is 0 Å². The molecule has 1 heterocycles. The van der Waals surface area contributed by atoms with E-state index in [4.69, 9.17) is 38.9 Å². The van der Waals surface area contributed by atoms with Gasteiger partial charge in [0.05, 0.1) is 10.6 Å². The first-order valence-electron chi connectivity index (χ1n) is 5.60. The van der Waals surface area contributed by atoms with Crippen LogP contribution in [0, 0.1) is 6.92 Å². The lowest BCUT2D eigenvalue weighted by Gasteiger charge is -2.12. The van der Waals surface area contributed by atoms with E-state index >= 15 is 0 Å². The average molecular weight is 312 g/mol. The number of amidine groups is 1. The van der Waals surface area contributed by atoms with E-state index in [1.54, 1.807) is 37.4 Å². The molecule has 0 unspecified atom stereocenters. The van der Waals surface area contributed by atoms with E-state index in [0.717, 1.165) is 5.56 Å². The predicted octanol–water partition coefficient (Wildman–Crippen LogP) is 3.58. The fourth-order valence-electron chi connectivity index (χ4n) is 1.64. The second kappa shape index (κ2) is 5.98. The summed E-state index contributed by atoms with van der Waals surface area (Å²) in [5.74, 6) is 0.428. The van der Waals surface area contributed by atoms with Gasteiger partial charge in [-0.1, -0.05) is 34.4 Å². The molecular formula is C13H11Cl2N3O2. The van der Waals surface area contributed by atoms with E-state index in [-0.39, 0.29) is 16.7 Å². The summed E-state index contributed by atoms with van der Waals surface area (Å²) < 4.78 is 5.63. The summed E-state index contributed by atoms with van der Waals surface area (Å²) in [4.78, 5) is 4.08. The zero-order chi connectivity index (χ0) is 14.7. The Labute approximate surface area is 125 Å². The summed E-state index contributed by atoms with van der Waals surface area (Å²) >= 11 is 12.0. The maximum absolute atomic E-state index is 8.83. The molecule has 0 saturated carbocycles. The van der Waals surface area contributed by atoms with Crippen LogP contribution >= 0.6 is 23.2 Å². The Kier molecular flexibility index (Phi) is 4.32. The molecule has 2 aromatic rings. The van der Waals surface area contributed by atoms with Crippen LogP contribution in [0.5, 0.6) is 11.6 Å². The zero-order valence-corrected chi connectivity index (χ0v) is 12.0. The minimum Gasteiger partial charge on any atom is -0.437 e. The van der Waals surface area contributed by atoms with Crippen molar-refractivity contribution in [1.82, 2.24) is 4.98 Å². The molecule has 1 aromatic carbocycles. The molecule has 5 nitrogen and oxygen atoms in total. The molecule has 0 bridgehead atoms. The molecule has 1 aromatic heterocycles. The van der Waals surface area contributed by atoms with Gasteiger partial charge in [-0.05, 0) is 30.7 Å². The number of hydrogen-bond acceptors (Lipinski definition) is 4. The molecule has 0 aliphatic heterocycles. The monoisotopic (exact) mass is 311 g/mol. The lowest BCUT2D eigenvalue weighted by molar-refractivity contribution is 0.318. The summed E-state index contributed by atoms with van der Waals surface area (Å²) in [5, 5.41) is 12.4. The Balaban J connectivity index is 2.49. The number of benzene rings is 1. The van der Waals surface area contributed by atoms with E-state index in [1.807, 2.05) is 0 Å². The van der Waals surface area contributed by atoms with Crippen molar-refractivity contribution in [2.24, 2.45) is 10.9 Å². The minimum atomic E-state index is -0.0937. The summed E-state index contributed by atoms with van der Waals surface area (Å²) in [6.07, 6.45) is 1.55. The van der Waals surface area contributed by atoms with Crippen LogP contribution in [0.15, 0.2) is 35.6 Å². The van der Waals surface area contributed by atoms with Crippen LogP contribution in [0.25, 0.3) is 0 Å². The fourth-order valence-corrected chi connectivity index (χ4v) is 1.97. The highest BCUT2D eigenvalue weighted by molar-refractivity contribution is 6.42. The first-order chi connectivity index (χ1) is 9.54. The van der Waals surface area contributed by atoms with E-state index in [0.29, 0.717) is 16.3 Å². The lowest BCUT2D eigenvalue weighted by Crippen LogP contribution is -2.16. The molecule has 0 radical (unpaired) electrons. The van der Waals surface area contributed by atoms with Gasteiger partial charge in [-0.3, -0.25) is 0 Å². The van der Waals surface area contributed by atoms with Crippen molar-refractivity contribution in [1.29, 1.82) is 0 Å².